The summed E-state index contributed by atoms with van der Waals surface area (Å²) in [6.45, 7) is 0. The fourth-order valence-corrected chi connectivity index (χ4v) is 1.47. The summed E-state index contributed by atoms with van der Waals surface area (Å²) in [5.74, 6) is -1.35. The lowest BCUT2D eigenvalue weighted by atomic mass is 10.1. The Morgan fingerprint density at radius 2 is 1.80 bits per heavy atom. The number of carbonyl (C=O) groups excluding carboxylic acids is 1. The van der Waals surface area contributed by atoms with E-state index in [1.165, 1.54) is 0 Å². The smallest absolute Gasteiger partial charge is 0.275 e. The summed E-state index contributed by atoms with van der Waals surface area (Å²) in [7, 11) is 0. The van der Waals surface area contributed by atoms with Gasteiger partial charge in [-0.2, -0.15) is 13.2 Å². The fraction of sp³-hybridized carbons (Fsp3) is 0.125. The highest BCUT2D eigenvalue weighted by atomic mass is 35.5. The van der Waals surface area contributed by atoms with Crippen LogP contribution >= 0.6 is 23.2 Å². The van der Waals surface area contributed by atoms with Crippen molar-refractivity contribution in [3.63, 3.8) is 0 Å². The van der Waals surface area contributed by atoms with Gasteiger partial charge in [-0.1, -0.05) is 11.6 Å². The largest absolute Gasteiger partial charge is 0.418 e. The predicted octanol–water partition coefficient (Wildman–Crippen LogP) is 3.88. The second-order valence-corrected chi connectivity index (χ2v) is 3.30. The first-order valence-electron chi connectivity index (χ1n) is 3.50. The lowest BCUT2D eigenvalue weighted by Gasteiger charge is -2.12. The van der Waals surface area contributed by atoms with E-state index in [4.69, 9.17) is 23.2 Å². The van der Waals surface area contributed by atoms with Crippen molar-refractivity contribution in [1.29, 1.82) is 0 Å². The van der Waals surface area contributed by atoms with Crippen molar-refractivity contribution in [2.75, 3.05) is 0 Å². The summed E-state index contributed by atoms with van der Waals surface area (Å²) in [5, 5.41) is -2.31. The second kappa shape index (κ2) is 3.98. The molecule has 0 amide bonds. The van der Waals surface area contributed by atoms with Crippen molar-refractivity contribution in [3.05, 3.63) is 34.1 Å². The first-order valence-corrected chi connectivity index (χ1v) is 4.25. The molecular formula is C8H2Cl2F4O. The molecule has 82 valence electrons. The molecule has 0 N–H and O–H groups in total. The number of hydrogen-bond donors (Lipinski definition) is 0. The molecule has 0 fully saturated rings. The Morgan fingerprint density at radius 3 is 2.13 bits per heavy atom. The number of halogens is 6. The molecule has 0 radical (unpaired) electrons. The van der Waals surface area contributed by atoms with Crippen LogP contribution in [0.25, 0.3) is 0 Å². The van der Waals surface area contributed by atoms with Gasteiger partial charge in [-0.25, -0.2) is 4.39 Å². The lowest BCUT2D eigenvalue weighted by Crippen LogP contribution is -2.13. The van der Waals surface area contributed by atoms with Crippen LogP contribution in [0, 0.1) is 5.82 Å². The van der Waals surface area contributed by atoms with Gasteiger partial charge in [0.15, 0.2) is 0 Å². The second-order valence-electron chi connectivity index (χ2n) is 2.55. The molecule has 0 spiro atoms. The van der Waals surface area contributed by atoms with Crippen LogP contribution in [-0.2, 0) is 6.18 Å². The number of hydrogen-bond acceptors (Lipinski definition) is 1. The predicted molar refractivity (Wildman–Crippen MR) is 46.6 cm³/mol. The average Bonchev–Trinajstić information content (AvgIpc) is 2.05. The van der Waals surface area contributed by atoms with E-state index >= 15 is 0 Å². The zero-order valence-corrected chi connectivity index (χ0v) is 8.34. The Morgan fingerprint density at radius 1 is 1.27 bits per heavy atom. The molecule has 0 aliphatic heterocycles. The van der Waals surface area contributed by atoms with Crippen molar-refractivity contribution in [2.45, 2.75) is 6.18 Å². The third-order valence-electron chi connectivity index (χ3n) is 1.58. The molecule has 0 aromatic heterocycles. The molecule has 1 rings (SSSR count). The van der Waals surface area contributed by atoms with Gasteiger partial charge in [-0.3, -0.25) is 4.79 Å². The molecule has 0 bridgehead atoms. The standard InChI is InChI=1S/C8H2Cl2F4O/c9-3-1-2-4(11)5(7(10)15)6(3)8(12,13)14/h1-2H. The third-order valence-corrected chi connectivity index (χ3v) is 2.09. The normalized spacial score (nSPS) is 11.6. The quantitative estimate of drug-likeness (QED) is 0.553. The van der Waals surface area contributed by atoms with Gasteiger partial charge >= 0.3 is 6.18 Å². The van der Waals surface area contributed by atoms with Crippen LogP contribution in [0.15, 0.2) is 12.1 Å². The molecular weight excluding hydrogens is 259 g/mol. The van der Waals surface area contributed by atoms with E-state index in [0.717, 1.165) is 0 Å². The molecule has 0 unspecified atom stereocenters. The number of carbonyl (C=O) groups is 1. The molecule has 1 aromatic rings. The summed E-state index contributed by atoms with van der Waals surface area (Å²) < 4.78 is 50.1. The Labute approximate surface area is 91.6 Å². The third kappa shape index (κ3) is 2.41. The zero-order chi connectivity index (χ0) is 11.8. The molecule has 0 saturated carbocycles. The van der Waals surface area contributed by atoms with E-state index in [1.807, 2.05) is 0 Å². The van der Waals surface area contributed by atoms with Crippen LogP contribution < -0.4 is 0 Å². The average molecular weight is 261 g/mol. The minimum Gasteiger partial charge on any atom is -0.275 e. The highest BCUT2D eigenvalue weighted by Crippen LogP contribution is 2.38. The maximum atomic E-state index is 12.9. The maximum absolute atomic E-state index is 12.9. The first kappa shape index (κ1) is 12.3. The van der Waals surface area contributed by atoms with Gasteiger partial charge in [0.1, 0.15) is 5.82 Å². The lowest BCUT2D eigenvalue weighted by molar-refractivity contribution is -0.137. The van der Waals surface area contributed by atoms with Gasteiger partial charge in [0, 0.05) is 0 Å². The number of alkyl halides is 3. The van der Waals surface area contributed by atoms with E-state index in [0.29, 0.717) is 12.1 Å². The van der Waals surface area contributed by atoms with Gasteiger partial charge in [0.05, 0.1) is 16.1 Å². The van der Waals surface area contributed by atoms with Crippen LogP contribution in [0.1, 0.15) is 15.9 Å². The molecule has 0 heterocycles. The Balaban J connectivity index is 3.60. The van der Waals surface area contributed by atoms with Gasteiger partial charge in [-0.05, 0) is 23.7 Å². The van der Waals surface area contributed by atoms with E-state index in [9.17, 15) is 22.4 Å². The summed E-state index contributed by atoms with van der Waals surface area (Å²) in [4.78, 5) is 10.7. The maximum Gasteiger partial charge on any atom is 0.418 e. The van der Waals surface area contributed by atoms with Crippen LogP contribution in [-0.4, -0.2) is 5.24 Å². The van der Waals surface area contributed by atoms with E-state index < -0.39 is 33.4 Å². The van der Waals surface area contributed by atoms with Crippen molar-refractivity contribution >= 4 is 28.4 Å². The van der Waals surface area contributed by atoms with Gasteiger partial charge < -0.3 is 0 Å². The van der Waals surface area contributed by atoms with Crippen molar-refractivity contribution in [3.8, 4) is 0 Å². The highest BCUT2D eigenvalue weighted by Gasteiger charge is 2.39. The van der Waals surface area contributed by atoms with Gasteiger partial charge in [0.2, 0.25) is 0 Å². The highest BCUT2D eigenvalue weighted by molar-refractivity contribution is 6.68. The molecule has 1 nitrogen and oxygen atoms in total. The Kier molecular flexibility index (Phi) is 3.25. The minimum absolute atomic E-state index is 0.646. The minimum atomic E-state index is -4.93. The van der Waals surface area contributed by atoms with E-state index in [2.05, 4.69) is 0 Å². The summed E-state index contributed by atoms with van der Waals surface area (Å²) in [6.07, 6.45) is -4.93. The van der Waals surface area contributed by atoms with Crippen LogP contribution in [0.4, 0.5) is 17.6 Å². The molecule has 0 aliphatic carbocycles. The summed E-state index contributed by atoms with van der Waals surface area (Å²) in [5.41, 5.74) is -2.80. The van der Waals surface area contributed by atoms with Crippen LogP contribution in [0.5, 0.6) is 0 Å². The van der Waals surface area contributed by atoms with Crippen LogP contribution in [0.3, 0.4) is 0 Å². The number of rotatable bonds is 1. The first-order chi connectivity index (χ1) is 6.75. The molecule has 0 atom stereocenters. The zero-order valence-electron chi connectivity index (χ0n) is 6.83. The molecule has 7 heteroatoms. The number of benzene rings is 1. The van der Waals surface area contributed by atoms with Crippen LogP contribution in [0.2, 0.25) is 5.02 Å². The Bertz CT molecular complexity index is 414. The fourth-order valence-electron chi connectivity index (χ4n) is 1.02. The SMILES string of the molecule is O=C(Cl)c1c(F)ccc(Cl)c1C(F)(F)F. The molecule has 1 aromatic carbocycles. The van der Waals surface area contributed by atoms with Gasteiger partial charge in [0.25, 0.3) is 5.24 Å². The Hall–Kier alpha value is -0.810. The topological polar surface area (TPSA) is 17.1 Å². The van der Waals surface area contributed by atoms with Crippen molar-refractivity contribution in [1.82, 2.24) is 0 Å². The monoisotopic (exact) mass is 260 g/mol. The molecule has 0 saturated heterocycles. The van der Waals surface area contributed by atoms with E-state index in [1.54, 1.807) is 0 Å². The molecule has 0 aliphatic rings. The van der Waals surface area contributed by atoms with E-state index in [-0.39, 0.29) is 0 Å². The molecule has 15 heavy (non-hydrogen) atoms. The van der Waals surface area contributed by atoms with Gasteiger partial charge in [-0.15, -0.1) is 0 Å². The van der Waals surface area contributed by atoms with Crippen molar-refractivity contribution in [2.24, 2.45) is 0 Å². The van der Waals surface area contributed by atoms with Crippen molar-refractivity contribution < 1.29 is 22.4 Å². The summed E-state index contributed by atoms with van der Waals surface area (Å²) >= 11 is 10.1. The summed E-state index contributed by atoms with van der Waals surface area (Å²) in [6, 6.07) is 1.36.